The minimum absolute atomic E-state index is 0.0669. The Labute approximate surface area is 198 Å². The molecule has 2 aliphatic rings. The number of anilines is 1. The number of carbonyl (C=O) groups excluding carboxylic acids is 1. The Hall–Kier alpha value is -3.29. The SMILES string of the molecule is COCCN1CCc2c(C)cc(-c3cc(-c4ccc5c(c4)CCNC5=O)c(N)nc3F)cc2C1. The first-order valence-corrected chi connectivity index (χ1v) is 11.7. The molecule has 0 saturated heterocycles. The molecule has 3 heterocycles. The lowest BCUT2D eigenvalue weighted by atomic mass is 9.90. The molecule has 0 aliphatic carbocycles. The number of nitrogens with one attached hydrogen (secondary N) is 1. The summed E-state index contributed by atoms with van der Waals surface area (Å²) in [6.45, 7) is 6.07. The standard InChI is InChI=1S/C27H29FN4O2/c1-16-11-19(13-20-15-32(9-10-34-2)8-6-21(16)20)23-14-24(26(29)31-25(23)28)17-3-4-22-18(12-17)5-7-30-27(22)33/h3-4,11-14H,5-10,15H2,1-2H3,(H2,29,31)(H,30,33). The topological polar surface area (TPSA) is 80.5 Å². The molecule has 0 unspecified atom stereocenters. The average Bonchev–Trinajstić information content (AvgIpc) is 2.82. The van der Waals surface area contributed by atoms with E-state index < -0.39 is 5.95 Å². The van der Waals surface area contributed by atoms with Crippen LogP contribution < -0.4 is 11.1 Å². The van der Waals surface area contributed by atoms with Gasteiger partial charge in [0.2, 0.25) is 5.95 Å². The molecule has 6 nitrogen and oxygen atoms in total. The van der Waals surface area contributed by atoms with E-state index >= 15 is 4.39 Å². The smallest absolute Gasteiger partial charge is 0.251 e. The second-order valence-corrected chi connectivity index (χ2v) is 9.09. The van der Waals surface area contributed by atoms with Crippen LogP contribution in [0.3, 0.4) is 0 Å². The highest BCUT2D eigenvalue weighted by Crippen LogP contribution is 2.35. The fourth-order valence-corrected chi connectivity index (χ4v) is 5.08. The third kappa shape index (κ3) is 4.17. The summed E-state index contributed by atoms with van der Waals surface area (Å²) in [6.07, 6.45) is 1.72. The van der Waals surface area contributed by atoms with Gasteiger partial charge in [-0.3, -0.25) is 9.69 Å². The minimum Gasteiger partial charge on any atom is -0.383 e. The van der Waals surface area contributed by atoms with Crippen LogP contribution in [0, 0.1) is 12.9 Å². The van der Waals surface area contributed by atoms with Crippen LogP contribution in [0.5, 0.6) is 0 Å². The van der Waals surface area contributed by atoms with Crippen molar-refractivity contribution in [3.63, 3.8) is 0 Å². The number of carbonyl (C=O) groups is 1. The zero-order chi connectivity index (χ0) is 23.8. The van der Waals surface area contributed by atoms with E-state index in [1.165, 1.54) is 11.1 Å². The summed E-state index contributed by atoms with van der Waals surface area (Å²) >= 11 is 0. The van der Waals surface area contributed by atoms with Crippen LogP contribution in [-0.4, -0.2) is 49.1 Å². The van der Waals surface area contributed by atoms with E-state index in [2.05, 4.69) is 28.2 Å². The lowest BCUT2D eigenvalue weighted by Crippen LogP contribution is -2.33. The number of benzene rings is 2. The maximum Gasteiger partial charge on any atom is 0.251 e. The molecule has 176 valence electrons. The number of hydrogen-bond acceptors (Lipinski definition) is 5. The van der Waals surface area contributed by atoms with Crippen LogP contribution >= 0.6 is 0 Å². The molecule has 3 N–H and O–H groups in total. The van der Waals surface area contributed by atoms with E-state index in [1.54, 1.807) is 19.2 Å². The summed E-state index contributed by atoms with van der Waals surface area (Å²) in [5, 5.41) is 2.86. The summed E-state index contributed by atoms with van der Waals surface area (Å²) in [5.41, 5.74) is 14.3. The van der Waals surface area contributed by atoms with E-state index in [1.807, 2.05) is 18.2 Å². The van der Waals surface area contributed by atoms with Crippen molar-refractivity contribution in [2.75, 3.05) is 39.1 Å². The van der Waals surface area contributed by atoms with Gasteiger partial charge < -0.3 is 15.8 Å². The molecule has 5 rings (SSSR count). The highest BCUT2D eigenvalue weighted by atomic mass is 19.1. The minimum atomic E-state index is -0.579. The Balaban J connectivity index is 1.54. The number of nitrogens with two attached hydrogens (primary N) is 1. The van der Waals surface area contributed by atoms with Crippen molar-refractivity contribution < 1.29 is 13.9 Å². The monoisotopic (exact) mass is 460 g/mol. The lowest BCUT2D eigenvalue weighted by Gasteiger charge is -2.30. The van der Waals surface area contributed by atoms with Gasteiger partial charge in [-0.05, 0) is 71.3 Å². The number of methoxy groups -OCH3 is 1. The zero-order valence-corrected chi connectivity index (χ0v) is 19.6. The fraction of sp³-hybridized carbons (Fsp3) is 0.333. The molecule has 0 radical (unpaired) electrons. The molecule has 2 aromatic carbocycles. The van der Waals surface area contributed by atoms with Gasteiger partial charge in [0.05, 0.1) is 6.61 Å². The van der Waals surface area contributed by atoms with E-state index in [9.17, 15) is 4.79 Å². The van der Waals surface area contributed by atoms with Gasteiger partial charge in [0.25, 0.3) is 5.91 Å². The molecule has 3 aromatic rings. The number of rotatable bonds is 5. The van der Waals surface area contributed by atoms with E-state index in [4.69, 9.17) is 10.5 Å². The van der Waals surface area contributed by atoms with Crippen LogP contribution in [0.25, 0.3) is 22.3 Å². The number of fused-ring (bicyclic) bond motifs is 2. The van der Waals surface area contributed by atoms with Crippen molar-refractivity contribution >= 4 is 11.7 Å². The Morgan fingerprint density at radius 1 is 1.09 bits per heavy atom. The summed E-state index contributed by atoms with van der Waals surface area (Å²) in [5.74, 6) is -0.505. The Bertz CT molecular complexity index is 1270. The van der Waals surface area contributed by atoms with Crippen LogP contribution in [0.15, 0.2) is 36.4 Å². The average molecular weight is 461 g/mol. The molecule has 7 heteroatoms. The molecule has 0 bridgehead atoms. The van der Waals surface area contributed by atoms with Gasteiger partial charge in [0.15, 0.2) is 0 Å². The number of amides is 1. The van der Waals surface area contributed by atoms with Gasteiger partial charge in [-0.1, -0.05) is 18.2 Å². The first-order valence-electron chi connectivity index (χ1n) is 11.7. The van der Waals surface area contributed by atoms with Crippen molar-refractivity contribution in [1.29, 1.82) is 0 Å². The third-order valence-corrected chi connectivity index (χ3v) is 6.91. The molecular formula is C27H29FN4O2. The zero-order valence-electron chi connectivity index (χ0n) is 19.6. The lowest BCUT2D eigenvalue weighted by molar-refractivity contribution is 0.0946. The number of aryl methyl sites for hydroxylation is 1. The molecule has 0 spiro atoms. The highest BCUT2D eigenvalue weighted by molar-refractivity contribution is 5.97. The van der Waals surface area contributed by atoms with Crippen molar-refractivity contribution in [3.8, 4) is 22.3 Å². The first-order chi connectivity index (χ1) is 16.4. The Morgan fingerprint density at radius 3 is 2.74 bits per heavy atom. The fourth-order valence-electron chi connectivity index (χ4n) is 5.08. The van der Waals surface area contributed by atoms with Crippen LogP contribution in [0.1, 0.15) is 32.6 Å². The molecular weight excluding hydrogens is 431 g/mol. The molecule has 0 saturated carbocycles. The number of pyridine rings is 1. The predicted molar refractivity (Wildman–Crippen MR) is 131 cm³/mol. The number of nitrogens with zero attached hydrogens (tertiary/aromatic N) is 2. The van der Waals surface area contributed by atoms with Crippen molar-refractivity contribution in [2.24, 2.45) is 0 Å². The maximum absolute atomic E-state index is 15.1. The van der Waals surface area contributed by atoms with Gasteiger partial charge in [-0.15, -0.1) is 0 Å². The van der Waals surface area contributed by atoms with Crippen LogP contribution in [-0.2, 0) is 24.1 Å². The van der Waals surface area contributed by atoms with Crippen LogP contribution in [0.4, 0.5) is 10.2 Å². The number of aromatic nitrogens is 1. The summed E-state index contributed by atoms with van der Waals surface area (Å²) in [4.78, 5) is 18.5. The molecule has 0 atom stereocenters. The second kappa shape index (κ2) is 9.16. The summed E-state index contributed by atoms with van der Waals surface area (Å²) < 4.78 is 20.3. The number of nitrogen functional groups attached to an aromatic ring is 1. The van der Waals surface area contributed by atoms with Crippen molar-refractivity contribution in [2.45, 2.75) is 26.3 Å². The first kappa shape index (κ1) is 22.5. The van der Waals surface area contributed by atoms with E-state index in [0.717, 1.165) is 54.7 Å². The number of ether oxygens (including phenoxy) is 1. The Morgan fingerprint density at radius 2 is 1.91 bits per heavy atom. The number of halogens is 1. The quantitative estimate of drug-likeness (QED) is 0.567. The normalized spacial score (nSPS) is 15.6. The number of hydrogen-bond donors (Lipinski definition) is 2. The predicted octanol–water partition coefficient (Wildman–Crippen LogP) is 3.74. The maximum atomic E-state index is 15.1. The van der Waals surface area contributed by atoms with E-state index in [-0.39, 0.29) is 11.7 Å². The summed E-state index contributed by atoms with van der Waals surface area (Å²) in [6, 6.07) is 11.5. The molecule has 0 fully saturated rings. The Kier molecular flexibility index (Phi) is 6.06. The van der Waals surface area contributed by atoms with Gasteiger partial charge in [0, 0.05) is 50.0 Å². The largest absolute Gasteiger partial charge is 0.383 e. The van der Waals surface area contributed by atoms with Crippen LogP contribution in [0.2, 0.25) is 0 Å². The van der Waals surface area contributed by atoms with Gasteiger partial charge in [-0.2, -0.15) is 4.39 Å². The van der Waals surface area contributed by atoms with Gasteiger partial charge >= 0.3 is 0 Å². The second-order valence-electron chi connectivity index (χ2n) is 9.09. The van der Waals surface area contributed by atoms with Gasteiger partial charge in [-0.25, -0.2) is 4.98 Å². The molecule has 1 amide bonds. The summed E-state index contributed by atoms with van der Waals surface area (Å²) in [7, 11) is 1.71. The van der Waals surface area contributed by atoms with Gasteiger partial charge in [0.1, 0.15) is 5.82 Å². The third-order valence-electron chi connectivity index (χ3n) is 6.91. The molecule has 34 heavy (non-hydrogen) atoms. The molecule has 2 aliphatic heterocycles. The van der Waals surface area contributed by atoms with Crippen molar-refractivity contribution in [3.05, 3.63) is 70.2 Å². The molecule has 1 aromatic heterocycles. The van der Waals surface area contributed by atoms with Crippen molar-refractivity contribution in [1.82, 2.24) is 15.2 Å². The highest BCUT2D eigenvalue weighted by Gasteiger charge is 2.22. The van der Waals surface area contributed by atoms with E-state index in [0.29, 0.717) is 29.8 Å².